The molecule has 1 saturated carbocycles. The van der Waals surface area contributed by atoms with Crippen LogP contribution in [-0.4, -0.2) is 65.7 Å². The summed E-state index contributed by atoms with van der Waals surface area (Å²) in [6.45, 7) is 8.31. The van der Waals surface area contributed by atoms with Gasteiger partial charge in [0.15, 0.2) is 0 Å². The quantitative estimate of drug-likeness (QED) is 0.279. The van der Waals surface area contributed by atoms with Crippen molar-refractivity contribution in [3.8, 4) is 11.8 Å². The number of aryl methyl sites for hydroxylation is 1. The normalized spacial score (nSPS) is 19.7. The van der Waals surface area contributed by atoms with Crippen LogP contribution in [0.5, 0.6) is 0 Å². The molecule has 3 atom stereocenters. The molecule has 0 spiro atoms. The molecule has 1 aromatic heterocycles. The Bertz CT molecular complexity index is 1340. The maximum atomic E-state index is 13.2. The fourth-order valence-corrected chi connectivity index (χ4v) is 5.66. The van der Waals surface area contributed by atoms with Crippen LogP contribution >= 0.6 is 0 Å². The summed E-state index contributed by atoms with van der Waals surface area (Å²) in [7, 11) is 1.62. The molecule has 1 aromatic carbocycles. The highest BCUT2D eigenvalue weighted by atomic mass is 16.6. The molecule has 1 aliphatic carbocycles. The number of nitrogens with one attached hydrogen (secondary N) is 2. The number of benzene rings is 1. The van der Waals surface area contributed by atoms with Crippen LogP contribution in [0.15, 0.2) is 30.3 Å². The van der Waals surface area contributed by atoms with Crippen molar-refractivity contribution >= 4 is 23.6 Å². The SMILES string of the molecule is COCCNC(=O)[C@@H]1C[C@@H]2CCCC[C@@H]2N1c1cc(CNC(=O)c2ccc(C#CC(=O)OC(C)(C)C)cc2)nc(C)n1. The van der Waals surface area contributed by atoms with Gasteiger partial charge in [0.05, 0.1) is 18.8 Å². The summed E-state index contributed by atoms with van der Waals surface area (Å²) in [6, 6.07) is 8.52. The van der Waals surface area contributed by atoms with Gasteiger partial charge in [0.1, 0.15) is 23.3 Å². The van der Waals surface area contributed by atoms with Crippen molar-refractivity contribution in [3.63, 3.8) is 0 Å². The molecule has 0 bridgehead atoms. The lowest BCUT2D eigenvalue weighted by molar-refractivity contribution is -0.147. The summed E-state index contributed by atoms with van der Waals surface area (Å²) in [5.41, 5.74) is 1.12. The summed E-state index contributed by atoms with van der Waals surface area (Å²) < 4.78 is 10.3. The highest BCUT2D eigenvalue weighted by molar-refractivity contribution is 5.94. The number of nitrogens with zero attached hydrogens (tertiary/aromatic N) is 3. The van der Waals surface area contributed by atoms with Gasteiger partial charge >= 0.3 is 5.97 Å². The number of carbonyl (C=O) groups is 3. The lowest BCUT2D eigenvalue weighted by Gasteiger charge is -2.34. The van der Waals surface area contributed by atoms with Gasteiger partial charge in [-0.15, -0.1) is 0 Å². The van der Waals surface area contributed by atoms with Gasteiger partial charge in [-0.3, -0.25) is 9.59 Å². The number of ether oxygens (including phenoxy) is 2. The van der Waals surface area contributed by atoms with Crippen molar-refractivity contribution in [2.45, 2.75) is 84.0 Å². The second-order valence-corrected chi connectivity index (χ2v) is 11.8. The summed E-state index contributed by atoms with van der Waals surface area (Å²) in [6.07, 6.45) is 5.26. The van der Waals surface area contributed by atoms with Crippen LogP contribution in [0.3, 0.4) is 0 Å². The van der Waals surface area contributed by atoms with Gasteiger partial charge in [0.2, 0.25) is 5.91 Å². The van der Waals surface area contributed by atoms with Gasteiger partial charge < -0.3 is 25.0 Å². The van der Waals surface area contributed by atoms with E-state index in [1.165, 1.54) is 6.42 Å². The van der Waals surface area contributed by atoms with Crippen LogP contribution < -0.4 is 15.5 Å². The molecule has 224 valence electrons. The number of methoxy groups -OCH3 is 1. The third-order valence-electron chi connectivity index (χ3n) is 7.42. The molecule has 4 rings (SSSR count). The Balaban J connectivity index is 1.43. The molecular formula is C32H41N5O5. The van der Waals surface area contributed by atoms with Gasteiger partial charge in [-0.05, 0) is 77.1 Å². The van der Waals surface area contributed by atoms with E-state index in [4.69, 9.17) is 14.5 Å². The Hall–Kier alpha value is -3.97. The van der Waals surface area contributed by atoms with Crippen LogP contribution in [0.25, 0.3) is 0 Å². The molecule has 0 unspecified atom stereocenters. The number of rotatable bonds is 8. The standard InChI is InChI=1S/C32H41N5O5/c1-21-35-25(20-34-30(39)23-13-10-22(11-14-23)12-15-29(38)42-32(2,3)4)19-28(36-21)37-26-9-7-6-8-24(26)18-27(37)31(40)33-16-17-41-5/h10-11,13-14,19,24,26-27H,6-9,16-18,20H2,1-5H3,(H,33,40)(H,34,39)/t24-,26-,27-/m0/s1. The maximum absolute atomic E-state index is 13.2. The zero-order valence-corrected chi connectivity index (χ0v) is 25.2. The molecule has 0 radical (unpaired) electrons. The fourth-order valence-electron chi connectivity index (χ4n) is 5.66. The Morgan fingerprint density at radius 1 is 1.07 bits per heavy atom. The molecule has 10 nitrogen and oxygen atoms in total. The van der Waals surface area contributed by atoms with E-state index in [-0.39, 0.29) is 30.4 Å². The average Bonchev–Trinajstić information content (AvgIpc) is 3.34. The molecule has 1 aliphatic heterocycles. The summed E-state index contributed by atoms with van der Waals surface area (Å²) in [4.78, 5) is 49.4. The molecule has 2 aliphatic rings. The highest BCUT2D eigenvalue weighted by Gasteiger charge is 2.45. The van der Waals surface area contributed by atoms with Crippen LogP contribution in [0.4, 0.5) is 5.82 Å². The number of fused-ring (bicyclic) bond motifs is 1. The Labute approximate surface area is 248 Å². The van der Waals surface area contributed by atoms with Crippen LogP contribution in [0, 0.1) is 24.7 Å². The first-order valence-corrected chi connectivity index (χ1v) is 14.6. The van der Waals surface area contributed by atoms with E-state index in [1.807, 2.05) is 13.0 Å². The van der Waals surface area contributed by atoms with E-state index in [9.17, 15) is 14.4 Å². The summed E-state index contributed by atoms with van der Waals surface area (Å²) in [5.74, 6) is 6.12. The largest absolute Gasteiger partial charge is 0.450 e. The molecule has 42 heavy (non-hydrogen) atoms. The lowest BCUT2D eigenvalue weighted by Crippen LogP contribution is -2.48. The molecule has 2 fully saturated rings. The third-order valence-corrected chi connectivity index (χ3v) is 7.42. The molecule has 1 saturated heterocycles. The van der Waals surface area contributed by atoms with Crippen molar-refractivity contribution in [2.24, 2.45) is 5.92 Å². The number of anilines is 1. The minimum absolute atomic E-state index is 0.00759. The van der Waals surface area contributed by atoms with Crippen LogP contribution in [0.1, 0.15) is 80.3 Å². The van der Waals surface area contributed by atoms with E-state index in [1.54, 1.807) is 52.1 Å². The number of carbonyl (C=O) groups excluding carboxylic acids is 3. The first-order valence-electron chi connectivity index (χ1n) is 14.6. The second kappa shape index (κ2) is 13.8. The van der Waals surface area contributed by atoms with Crippen molar-refractivity contribution in [1.29, 1.82) is 0 Å². The molecule has 2 amide bonds. The van der Waals surface area contributed by atoms with Crippen molar-refractivity contribution < 1.29 is 23.9 Å². The van der Waals surface area contributed by atoms with Gasteiger partial charge in [0, 0.05) is 42.8 Å². The Morgan fingerprint density at radius 3 is 2.52 bits per heavy atom. The van der Waals surface area contributed by atoms with E-state index in [0.717, 1.165) is 31.5 Å². The van der Waals surface area contributed by atoms with Crippen molar-refractivity contribution in [3.05, 3.63) is 53.0 Å². The molecule has 2 aromatic rings. The second-order valence-electron chi connectivity index (χ2n) is 11.8. The van der Waals surface area contributed by atoms with Crippen LogP contribution in [-0.2, 0) is 25.6 Å². The predicted molar refractivity (Wildman–Crippen MR) is 159 cm³/mol. The maximum Gasteiger partial charge on any atom is 0.385 e. The highest BCUT2D eigenvalue weighted by Crippen LogP contribution is 2.42. The van der Waals surface area contributed by atoms with E-state index in [2.05, 4.69) is 32.4 Å². The number of aromatic nitrogens is 2. The smallest absolute Gasteiger partial charge is 0.385 e. The third kappa shape index (κ3) is 8.29. The Kier molecular flexibility index (Phi) is 10.2. The average molecular weight is 576 g/mol. The summed E-state index contributed by atoms with van der Waals surface area (Å²) in [5, 5.41) is 5.94. The van der Waals surface area contributed by atoms with E-state index < -0.39 is 11.6 Å². The molecular weight excluding hydrogens is 534 g/mol. The summed E-state index contributed by atoms with van der Waals surface area (Å²) >= 11 is 0. The molecule has 10 heteroatoms. The van der Waals surface area contributed by atoms with Gasteiger partial charge in [0.25, 0.3) is 5.91 Å². The topological polar surface area (TPSA) is 123 Å². The van der Waals surface area contributed by atoms with E-state index in [0.29, 0.717) is 41.7 Å². The fraction of sp³-hybridized carbons (Fsp3) is 0.531. The zero-order valence-electron chi connectivity index (χ0n) is 25.2. The number of amides is 2. The van der Waals surface area contributed by atoms with Gasteiger partial charge in [-0.2, -0.15) is 0 Å². The van der Waals surface area contributed by atoms with E-state index >= 15 is 0 Å². The molecule has 2 heterocycles. The van der Waals surface area contributed by atoms with Crippen LogP contribution in [0.2, 0.25) is 0 Å². The first-order chi connectivity index (χ1) is 20.0. The molecule has 2 N–H and O–H groups in total. The minimum atomic E-state index is -0.607. The number of hydrogen-bond acceptors (Lipinski definition) is 8. The number of hydrogen-bond donors (Lipinski definition) is 2. The first kappa shape index (κ1) is 31.0. The Morgan fingerprint density at radius 2 is 1.81 bits per heavy atom. The van der Waals surface area contributed by atoms with Gasteiger partial charge in [-0.1, -0.05) is 18.8 Å². The minimum Gasteiger partial charge on any atom is -0.450 e. The predicted octanol–water partition coefficient (Wildman–Crippen LogP) is 3.31. The van der Waals surface area contributed by atoms with Crippen molar-refractivity contribution in [2.75, 3.05) is 25.2 Å². The van der Waals surface area contributed by atoms with Crippen molar-refractivity contribution in [1.82, 2.24) is 20.6 Å². The van der Waals surface area contributed by atoms with Gasteiger partial charge in [-0.25, -0.2) is 14.8 Å². The lowest BCUT2D eigenvalue weighted by atomic mass is 9.84. The number of esters is 1. The monoisotopic (exact) mass is 575 g/mol. The zero-order chi connectivity index (χ0) is 30.3.